The number of carbonyl (C=O) groups excluding carboxylic acids is 1. The molecule has 1 atom stereocenters. The van der Waals surface area contributed by atoms with Crippen LogP contribution in [0, 0.1) is 0 Å². The van der Waals surface area contributed by atoms with Crippen LogP contribution < -0.4 is 11.3 Å². The highest BCUT2D eigenvalue weighted by molar-refractivity contribution is 8.00. The van der Waals surface area contributed by atoms with Crippen molar-refractivity contribution in [1.82, 2.24) is 15.0 Å². The zero-order chi connectivity index (χ0) is 10.6. The van der Waals surface area contributed by atoms with Gasteiger partial charge in [-0.05, 0) is 6.42 Å². The summed E-state index contributed by atoms with van der Waals surface area (Å²) in [5.41, 5.74) is 2.15. The molecule has 14 heavy (non-hydrogen) atoms. The van der Waals surface area contributed by atoms with E-state index in [-0.39, 0.29) is 11.2 Å². The first-order chi connectivity index (χ1) is 6.69. The Hall–Kier alpha value is -1.01. The first kappa shape index (κ1) is 11.1. The van der Waals surface area contributed by atoms with Crippen molar-refractivity contribution in [3.8, 4) is 0 Å². The topological polar surface area (TPSA) is 72.9 Å². The molecule has 0 aromatic carbocycles. The second kappa shape index (κ2) is 5.02. The number of hydrogen-bond donors (Lipinski definition) is 2. The van der Waals surface area contributed by atoms with E-state index in [0.29, 0.717) is 0 Å². The fourth-order valence-corrected chi connectivity index (χ4v) is 1.95. The summed E-state index contributed by atoms with van der Waals surface area (Å²) in [6.45, 7) is 1.94. The molecule has 1 amide bonds. The van der Waals surface area contributed by atoms with Gasteiger partial charge in [-0.2, -0.15) is 0 Å². The Labute approximate surface area is 87.0 Å². The van der Waals surface area contributed by atoms with Gasteiger partial charge in [0.1, 0.15) is 0 Å². The van der Waals surface area contributed by atoms with Crippen LogP contribution in [0.4, 0.5) is 0 Å². The van der Waals surface area contributed by atoms with Crippen LogP contribution in [0.3, 0.4) is 0 Å². The molecule has 0 aliphatic rings. The summed E-state index contributed by atoms with van der Waals surface area (Å²) < 4.78 is 1.87. The van der Waals surface area contributed by atoms with E-state index in [4.69, 9.17) is 5.84 Å². The van der Waals surface area contributed by atoms with E-state index in [1.54, 1.807) is 6.20 Å². The van der Waals surface area contributed by atoms with Gasteiger partial charge in [0.2, 0.25) is 5.91 Å². The molecule has 0 spiro atoms. The molecule has 5 nitrogen and oxygen atoms in total. The molecule has 1 aromatic rings. The molecule has 1 rings (SSSR count). The van der Waals surface area contributed by atoms with Gasteiger partial charge >= 0.3 is 0 Å². The number of imidazole rings is 1. The number of rotatable bonds is 4. The molecule has 0 saturated carbocycles. The number of thioether (sulfide) groups is 1. The predicted molar refractivity (Wildman–Crippen MR) is 55.5 cm³/mol. The van der Waals surface area contributed by atoms with Crippen LogP contribution in [-0.2, 0) is 11.8 Å². The highest BCUT2D eigenvalue weighted by Crippen LogP contribution is 2.22. The van der Waals surface area contributed by atoms with Crippen molar-refractivity contribution in [2.75, 3.05) is 0 Å². The highest BCUT2D eigenvalue weighted by atomic mass is 32.2. The lowest BCUT2D eigenvalue weighted by Crippen LogP contribution is -2.37. The largest absolute Gasteiger partial charge is 0.329 e. The van der Waals surface area contributed by atoms with Crippen molar-refractivity contribution in [3.05, 3.63) is 12.4 Å². The van der Waals surface area contributed by atoms with Crippen LogP contribution in [0.5, 0.6) is 0 Å². The van der Waals surface area contributed by atoms with E-state index < -0.39 is 0 Å². The number of hydrogen-bond acceptors (Lipinski definition) is 4. The lowest BCUT2D eigenvalue weighted by atomic mass is 10.3. The summed E-state index contributed by atoms with van der Waals surface area (Å²) in [6.07, 6.45) is 4.27. The number of aromatic nitrogens is 2. The molecule has 0 fully saturated rings. The molecule has 1 unspecified atom stereocenters. The highest BCUT2D eigenvalue weighted by Gasteiger charge is 2.18. The Morgan fingerprint density at radius 3 is 3.00 bits per heavy atom. The standard InChI is InChI=1S/C8H14N4OS/c1-3-6(7(13)11-9)14-8-10-4-5-12(8)2/h4-6H,3,9H2,1-2H3,(H,11,13). The molecular formula is C8H14N4OS. The van der Waals surface area contributed by atoms with Gasteiger partial charge in [-0.1, -0.05) is 18.7 Å². The quantitative estimate of drug-likeness (QED) is 0.327. The monoisotopic (exact) mass is 214 g/mol. The molecule has 6 heteroatoms. The number of hydrazine groups is 1. The van der Waals surface area contributed by atoms with Crippen LogP contribution in [0.25, 0.3) is 0 Å². The molecular weight excluding hydrogens is 200 g/mol. The smallest absolute Gasteiger partial charge is 0.247 e. The SMILES string of the molecule is CCC(Sc1nccn1C)C(=O)NN. The Bertz CT molecular complexity index is 312. The van der Waals surface area contributed by atoms with Crippen molar-refractivity contribution in [2.45, 2.75) is 23.8 Å². The summed E-state index contributed by atoms with van der Waals surface area (Å²) >= 11 is 1.41. The maximum absolute atomic E-state index is 11.3. The number of carbonyl (C=O) groups is 1. The average molecular weight is 214 g/mol. The van der Waals surface area contributed by atoms with E-state index in [1.807, 2.05) is 24.7 Å². The fraction of sp³-hybridized carbons (Fsp3) is 0.500. The minimum Gasteiger partial charge on any atom is -0.329 e. The number of nitrogens with zero attached hydrogens (tertiary/aromatic N) is 2. The number of nitrogens with one attached hydrogen (secondary N) is 1. The van der Waals surface area contributed by atoms with Gasteiger partial charge in [0.15, 0.2) is 5.16 Å². The Morgan fingerprint density at radius 1 is 1.86 bits per heavy atom. The fourth-order valence-electron chi connectivity index (χ4n) is 1.01. The van der Waals surface area contributed by atoms with Crippen molar-refractivity contribution in [1.29, 1.82) is 0 Å². The van der Waals surface area contributed by atoms with E-state index in [1.165, 1.54) is 11.8 Å². The third-order valence-electron chi connectivity index (χ3n) is 1.83. The Kier molecular flexibility index (Phi) is 3.97. The van der Waals surface area contributed by atoms with E-state index >= 15 is 0 Å². The van der Waals surface area contributed by atoms with Gasteiger partial charge in [-0.25, -0.2) is 10.8 Å². The summed E-state index contributed by atoms with van der Waals surface area (Å²) in [5.74, 6) is 4.91. The third-order valence-corrected chi connectivity index (χ3v) is 3.27. The van der Waals surface area contributed by atoms with Gasteiger partial charge in [0.25, 0.3) is 0 Å². The molecule has 0 bridgehead atoms. The van der Waals surface area contributed by atoms with Gasteiger partial charge in [0, 0.05) is 19.4 Å². The van der Waals surface area contributed by atoms with Gasteiger partial charge < -0.3 is 4.57 Å². The van der Waals surface area contributed by atoms with Crippen LogP contribution in [0.15, 0.2) is 17.6 Å². The Balaban J connectivity index is 2.66. The lowest BCUT2D eigenvalue weighted by molar-refractivity contribution is -0.120. The van der Waals surface area contributed by atoms with Crippen LogP contribution in [0.2, 0.25) is 0 Å². The normalized spacial score (nSPS) is 12.5. The maximum Gasteiger partial charge on any atom is 0.247 e. The molecule has 0 aliphatic carbocycles. The zero-order valence-corrected chi connectivity index (χ0v) is 9.04. The van der Waals surface area contributed by atoms with Gasteiger partial charge in [-0.3, -0.25) is 10.2 Å². The van der Waals surface area contributed by atoms with Crippen molar-refractivity contribution >= 4 is 17.7 Å². The Morgan fingerprint density at radius 2 is 2.57 bits per heavy atom. The average Bonchev–Trinajstić information content (AvgIpc) is 2.59. The molecule has 1 heterocycles. The van der Waals surface area contributed by atoms with E-state index in [2.05, 4.69) is 10.4 Å². The molecule has 78 valence electrons. The summed E-state index contributed by atoms with van der Waals surface area (Å²) in [5, 5.41) is 0.640. The number of amides is 1. The second-order valence-corrected chi connectivity index (χ2v) is 4.01. The summed E-state index contributed by atoms with van der Waals surface area (Å²) in [6, 6.07) is 0. The zero-order valence-electron chi connectivity index (χ0n) is 8.23. The molecule has 1 aromatic heterocycles. The number of nitrogens with two attached hydrogens (primary N) is 1. The van der Waals surface area contributed by atoms with Crippen molar-refractivity contribution in [3.63, 3.8) is 0 Å². The predicted octanol–water partition coefficient (Wildman–Crippen LogP) is 0.281. The number of aryl methyl sites for hydroxylation is 1. The summed E-state index contributed by atoms with van der Waals surface area (Å²) in [4.78, 5) is 15.4. The van der Waals surface area contributed by atoms with Crippen LogP contribution in [-0.4, -0.2) is 20.7 Å². The minimum atomic E-state index is -0.180. The lowest BCUT2D eigenvalue weighted by Gasteiger charge is -2.11. The van der Waals surface area contributed by atoms with E-state index in [9.17, 15) is 4.79 Å². The molecule has 0 radical (unpaired) electrons. The summed E-state index contributed by atoms with van der Waals surface area (Å²) in [7, 11) is 1.89. The van der Waals surface area contributed by atoms with Crippen molar-refractivity contribution < 1.29 is 4.79 Å². The maximum atomic E-state index is 11.3. The van der Waals surface area contributed by atoms with Gasteiger partial charge in [0.05, 0.1) is 5.25 Å². The van der Waals surface area contributed by atoms with E-state index in [0.717, 1.165) is 11.6 Å². The minimum absolute atomic E-state index is 0.166. The molecule has 3 N–H and O–H groups in total. The molecule has 0 saturated heterocycles. The van der Waals surface area contributed by atoms with Crippen molar-refractivity contribution in [2.24, 2.45) is 12.9 Å². The van der Waals surface area contributed by atoms with Crippen LogP contribution >= 0.6 is 11.8 Å². The molecule has 0 aliphatic heterocycles. The third kappa shape index (κ3) is 2.49. The second-order valence-electron chi connectivity index (χ2n) is 2.84. The first-order valence-electron chi connectivity index (χ1n) is 4.33. The van der Waals surface area contributed by atoms with Gasteiger partial charge in [-0.15, -0.1) is 0 Å². The first-order valence-corrected chi connectivity index (χ1v) is 5.21. The van der Waals surface area contributed by atoms with Crippen LogP contribution in [0.1, 0.15) is 13.3 Å².